The zero-order valence-corrected chi connectivity index (χ0v) is 16.1. The summed E-state index contributed by atoms with van der Waals surface area (Å²) in [5.41, 5.74) is 2.36. The lowest BCUT2D eigenvalue weighted by molar-refractivity contribution is 0.464. The quantitative estimate of drug-likeness (QED) is 0.533. The number of fused-ring (bicyclic) bond motifs is 1. The predicted molar refractivity (Wildman–Crippen MR) is 110 cm³/mol. The summed E-state index contributed by atoms with van der Waals surface area (Å²) in [6, 6.07) is 18.0. The summed E-state index contributed by atoms with van der Waals surface area (Å²) < 4.78 is 7.08. The van der Waals surface area contributed by atoms with Gasteiger partial charge in [0.2, 0.25) is 0 Å². The number of hydrogen-bond donors (Lipinski definition) is 2. The van der Waals surface area contributed by atoms with Gasteiger partial charge < -0.3 is 16.2 Å². The lowest BCUT2D eigenvalue weighted by Crippen LogP contribution is -2.30. The van der Waals surface area contributed by atoms with Crippen molar-refractivity contribution in [1.29, 1.82) is 0 Å². The molecule has 4 nitrogen and oxygen atoms in total. The number of para-hydroxylation sites is 1. The molecule has 1 atom stereocenters. The largest absolute Gasteiger partial charge is 0.431 e. The Balaban J connectivity index is 0.00000196. The van der Waals surface area contributed by atoms with Gasteiger partial charge in [-0.3, -0.25) is 0 Å². The van der Waals surface area contributed by atoms with Crippen molar-refractivity contribution >= 4 is 21.6 Å². The zero-order valence-electron chi connectivity index (χ0n) is 15.3. The molecule has 0 amide bonds. The van der Waals surface area contributed by atoms with E-state index in [1.165, 1.54) is 31.2 Å². The Labute approximate surface area is 159 Å². The fraction of sp³-hybridized carbons (Fsp3) is 0.381. The third-order valence-electron chi connectivity index (χ3n) is 4.73. The number of nitrogens with zero attached hydrogens (tertiary/aromatic N) is 1. The molecule has 0 radical (unpaired) electrons. The van der Waals surface area contributed by atoms with Crippen LogP contribution in [-0.2, 0) is 6.42 Å². The number of thiazole rings is 1. The molecule has 1 saturated carbocycles. The number of hydrogen-bond acceptors (Lipinski definition) is 5. The molecule has 0 saturated heterocycles. The third-order valence-corrected chi connectivity index (χ3v) is 5.64. The molecule has 0 aliphatic heterocycles. The fourth-order valence-electron chi connectivity index (χ4n) is 3.05. The molecule has 3 aromatic rings. The van der Waals surface area contributed by atoms with Crippen molar-refractivity contribution < 1.29 is 4.74 Å². The fourth-order valence-corrected chi connectivity index (χ4v) is 3.88. The Hall–Kier alpha value is -1.95. The number of aromatic nitrogens is 1. The lowest BCUT2D eigenvalue weighted by Gasteiger charge is -2.16. The summed E-state index contributed by atoms with van der Waals surface area (Å²) in [6.45, 7) is 2.27. The van der Waals surface area contributed by atoms with Gasteiger partial charge >= 0.3 is 0 Å². The van der Waals surface area contributed by atoms with Crippen LogP contribution in [0.15, 0.2) is 48.5 Å². The molecule has 0 bridgehead atoms. The van der Waals surface area contributed by atoms with Gasteiger partial charge in [0.25, 0.3) is 5.19 Å². The van der Waals surface area contributed by atoms with Crippen LogP contribution in [0.3, 0.4) is 0 Å². The molecule has 5 heteroatoms. The highest BCUT2D eigenvalue weighted by Gasteiger charge is 2.23. The van der Waals surface area contributed by atoms with Crippen molar-refractivity contribution in [1.82, 2.24) is 16.5 Å². The van der Waals surface area contributed by atoms with Crippen LogP contribution in [0.4, 0.5) is 0 Å². The topological polar surface area (TPSA) is 69.2 Å². The van der Waals surface area contributed by atoms with E-state index < -0.39 is 0 Å². The van der Waals surface area contributed by atoms with E-state index in [0.717, 1.165) is 28.4 Å². The number of nitrogens with one attached hydrogen (secondary N) is 1. The first-order chi connectivity index (χ1) is 12.3. The van der Waals surface area contributed by atoms with Crippen molar-refractivity contribution in [2.75, 3.05) is 0 Å². The van der Waals surface area contributed by atoms with E-state index in [4.69, 9.17) is 4.74 Å². The van der Waals surface area contributed by atoms with E-state index in [2.05, 4.69) is 47.6 Å². The molecule has 4 N–H and O–H groups in total. The van der Waals surface area contributed by atoms with Crippen LogP contribution in [0.25, 0.3) is 10.2 Å². The van der Waals surface area contributed by atoms with Crippen LogP contribution < -0.4 is 16.2 Å². The average Bonchev–Trinajstić information content (AvgIpc) is 3.36. The van der Waals surface area contributed by atoms with Crippen LogP contribution in [0.2, 0.25) is 0 Å². The van der Waals surface area contributed by atoms with Crippen LogP contribution in [-0.4, -0.2) is 17.1 Å². The minimum Gasteiger partial charge on any atom is -0.431 e. The van der Waals surface area contributed by atoms with E-state index in [0.29, 0.717) is 11.2 Å². The smallest absolute Gasteiger partial charge is 0.279 e. The summed E-state index contributed by atoms with van der Waals surface area (Å²) in [6.07, 6.45) is 6.22. The number of benzene rings is 2. The highest BCUT2D eigenvalue weighted by atomic mass is 32.1. The maximum Gasteiger partial charge on any atom is 0.279 e. The zero-order chi connectivity index (χ0) is 17.1. The summed E-state index contributed by atoms with van der Waals surface area (Å²) in [5.74, 6) is 0.853. The number of ether oxygens (including phenoxy) is 1. The Morgan fingerprint density at radius 3 is 2.62 bits per heavy atom. The van der Waals surface area contributed by atoms with Crippen LogP contribution in [0, 0.1) is 0 Å². The molecule has 0 spiro atoms. The molecule has 1 aliphatic carbocycles. The van der Waals surface area contributed by atoms with Gasteiger partial charge in [0.05, 0.1) is 10.2 Å². The molecular formula is C21H27N3OS. The van der Waals surface area contributed by atoms with Crippen molar-refractivity contribution in [2.24, 2.45) is 0 Å². The molecule has 1 heterocycles. The molecule has 1 aromatic heterocycles. The first kappa shape index (κ1) is 18.8. The van der Waals surface area contributed by atoms with Crippen molar-refractivity contribution in [3.63, 3.8) is 0 Å². The first-order valence-corrected chi connectivity index (χ1v) is 10.00. The molecule has 1 aliphatic rings. The lowest BCUT2D eigenvalue weighted by atomic mass is 10.0. The van der Waals surface area contributed by atoms with Gasteiger partial charge in [0.15, 0.2) is 0 Å². The monoisotopic (exact) mass is 369 g/mol. The van der Waals surface area contributed by atoms with Crippen molar-refractivity contribution in [2.45, 2.75) is 51.1 Å². The maximum atomic E-state index is 5.92. The van der Waals surface area contributed by atoms with E-state index in [1.807, 2.05) is 18.2 Å². The number of aryl methyl sites for hydroxylation is 1. The molecular weight excluding hydrogens is 342 g/mol. The Morgan fingerprint density at radius 2 is 1.92 bits per heavy atom. The van der Waals surface area contributed by atoms with Gasteiger partial charge in [-0.15, -0.1) is 0 Å². The van der Waals surface area contributed by atoms with Crippen molar-refractivity contribution in [3.8, 4) is 10.9 Å². The van der Waals surface area contributed by atoms with Crippen molar-refractivity contribution in [3.05, 3.63) is 54.1 Å². The van der Waals surface area contributed by atoms with Crippen LogP contribution in [0.1, 0.15) is 38.2 Å². The molecule has 1 fully saturated rings. The summed E-state index contributed by atoms with van der Waals surface area (Å²) in [7, 11) is 0. The second kappa shape index (κ2) is 8.62. The molecule has 26 heavy (non-hydrogen) atoms. The van der Waals surface area contributed by atoms with Gasteiger partial charge in [0, 0.05) is 12.1 Å². The van der Waals surface area contributed by atoms with E-state index in [9.17, 15) is 0 Å². The van der Waals surface area contributed by atoms with Crippen LogP contribution in [0.5, 0.6) is 10.9 Å². The highest BCUT2D eigenvalue weighted by molar-refractivity contribution is 7.20. The van der Waals surface area contributed by atoms with E-state index in [-0.39, 0.29) is 6.15 Å². The second-order valence-electron chi connectivity index (χ2n) is 6.78. The minimum atomic E-state index is 0. The predicted octanol–water partition coefficient (Wildman–Crippen LogP) is 5.71. The molecule has 4 rings (SSSR count). The molecule has 138 valence electrons. The van der Waals surface area contributed by atoms with E-state index >= 15 is 0 Å². The number of rotatable bonds is 8. The maximum absolute atomic E-state index is 5.92. The van der Waals surface area contributed by atoms with Gasteiger partial charge in [0.1, 0.15) is 5.75 Å². The second-order valence-corrected chi connectivity index (χ2v) is 7.77. The average molecular weight is 370 g/mol. The SMILES string of the molecule is CCC(CCc1ccc(Oc2nc3ccccc3s2)cc1)NC1CC1.N. The van der Waals surface area contributed by atoms with Crippen LogP contribution >= 0.6 is 11.3 Å². The Bertz CT molecular complexity index is 794. The standard InChI is InChI=1S/C21H24N2OS.H3N/c1-2-16(22-17-11-12-17)10-7-15-8-13-18(14-9-15)24-21-23-19-5-3-4-6-20(19)25-21;/h3-6,8-9,13-14,16-17,22H,2,7,10-12H2,1H3;1H3. The summed E-state index contributed by atoms with van der Waals surface area (Å²) >= 11 is 1.58. The minimum absolute atomic E-state index is 0. The van der Waals surface area contributed by atoms with Gasteiger partial charge in [-0.1, -0.05) is 42.5 Å². The third kappa shape index (κ3) is 4.81. The van der Waals surface area contributed by atoms with Gasteiger partial charge in [-0.05, 0) is 61.9 Å². The molecule has 1 unspecified atom stereocenters. The first-order valence-electron chi connectivity index (χ1n) is 9.18. The van der Waals surface area contributed by atoms with Gasteiger partial charge in [-0.25, -0.2) is 4.98 Å². The highest BCUT2D eigenvalue weighted by Crippen LogP contribution is 2.31. The summed E-state index contributed by atoms with van der Waals surface area (Å²) in [5, 5.41) is 4.44. The molecule has 2 aromatic carbocycles. The summed E-state index contributed by atoms with van der Waals surface area (Å²) in [4.78, 5) is 4.52. The normalized spacial score (nSPS) is 14.8. The Morgan fingerprint density at radius 1 is 1.15 bits per heavy atom. The Kier molecular flexibility index (Phi) is 6.25. The van der Waals surface area contributed by atoms with E-state index in [1.54, 1.807) is 11.3 Å². The van der Waals surface area contributed by atoms with Gasteiger partial charge in [-0.2, -0.15) is 0 Å².